The Morgan fingerprint density at radius 2 is 1.72 bits per heavy atom. The highest BCUT2D eigenvalue weighted by atomic mass is 32.2. The number of rotatable bonds is 6. The van der Waals surface area contributed by atoms with Gasteiger partial charge in [0.1, 0.15) is 5.75 Å². The Morgan fingerprint density at radius 1 is 1.04 bits per heavy atom. The normalized spacial score (nSPS) is 10.8. The third-order valence-corrected chi connectivity index (χ3v) is 3.92. The first-order valence-corrected chi connectivity index (χ1v) is 8.72. The number of nitrogens with two attached hydrogens (primary N) is 1. The summed E-state index contributed by atoms with van der Waals surface area (Å²) in [5.74, 6) is -0.211. The highest BCUT2D eigenvalue weighted by molar-refractivity contribution is 7.89. The van der Waals surface area contributed by atoms with Crippen molar-refractivity contribution in [3.8, 4) is 5.75 Å². The Morgan fingerprint density at radius 3 is 2.32 bits per heavy atom. The zero-order chi connectivity index (χ0) is 18.4. The van der Waals surface area contributed by atoms with Crippen molar-refractivity contribution < 1.29 is 22.7 Å². The second-order valence-corrected chi connectivity index (χ2v) is 6.68. The number of primary sulfonamides is 1. The first-order chi connectivity index (χ1) is 11.7. The van der Waals surface area contributed by atoms with Crippen LogP contribution in [0, 0.1) is 0 Å². The predicted molar refractivity (Wildman–Crippen MR) is 92.7 cm³/mol. The van der Waals surface area contributed by atoms with Crippen molar-refractivity contribution in [2.24, 2.45) is 5.14 Å². The van der Waals surface area contributed by atoms with Gasteiger partial charge in [-0.15, -0.1) is 0 Å². The number of nitrogens with one attached hydrogen (secondary N) is 2. The van der Waals surface area contributed by atoms with Crippen LogP contribution >= 0.6 is 0 Å². The molecule has 4 N–H and O–H groups in total. The van der Waals surface area contributed by atoms with Gasteiger partial charge in [0.2, 0.25) is 15.9 Å². The minimum atomic E-state index is -3.77. The number of carbonyl (C=O) groups is 2. The van der Waals surface area contributed by atoms with E-state index >= 15 is 0 Å². The molecule has 0 aromatic heterocycles. The van der Waals surface area contributed by atoms with Crippen LogP contribution in [0.2, 0.25) is 0 Å². The van der Waals surface area contributed by atoms with Crippen LogP contribution < -0.4 is 20.5 Å². The van der Waals surface area contributed by atoms with E-state index in [9.17, 15) is 18.0 Å². The molecule has 0 bridgehead atoms. The van der Waals surface area contributed by atoms with Crippen LogP contribution in [0.5, 0.6) is 5.75 Å². The maximum absolute atomic E-state index is 11.9. The summed E-state index contributed by atoms with van der Waals surface area (Å²) in [6.45, 7) is 1.14. The topological polar surface area (TPSA) is 128 Å². The van der Waals surface area contributed by atoms with Crippen molar-refractivity contribution in [3.05, 3.63) is 48.5 Å². The third-order valence-electron chi connectivity index (χ3n) is 2.99. The molecule has 0 aliphatic heterocycles. The van der Waals surface area contributed by atoms with Gasteiger partial charge in [-0.05, 0) is 36.4 Å². The molecular formula is C16H17N3O5S. The van der Waals surface area contributed by atoms with E-state index in [1.54, 1.807) is 24.3 Å². The van der Waals surface area contributed by atoms with Crippen LogP contribution in [0.3, 0.4) is 0 Å². The monoisotopic (exact) mass is 363 g/mol. The molecule has 0 heterocycles. The zero-order valence-electron chi connectivity index (χ0n) is 13.4. The maximum Gasteiger partial charge on any atom is 0.262 e. The number of hydrogen-bond acceptors (Lipinski definition) is 5. The molecule has 2 aromatic carbocycles. The van der Waals surface area contributed by atoms with Gasteiger partial charge >= 0.3 is 0 Å². The summed E-state index contributed by atoms with van der Waals surface area (Å²) >= 11 is 0. The van der Waals surface area contributed by atoms with Gasteiger partial charge in [0.05, 0.1) is 4.90 Å². The molecule has 0 spiro atoms. The SMILES string of the molecule is CC(=O)Nc1cccc(OCC(=O)Nc2ccc(S(N)(=O)=O)cc2)c1. The second kappa shape index (κ2) is 7.77. The number of sulfonamides is 1. The fraction of sp³-hybridized carbons (Fsp3) is 0.125. The molecule has 2 amide bonds. The van der Waals surface area contributed by atoms with Crippen LogP contribution in [0.15, 0.2) is 53.4 Å². The fourth-order valence-electron chi connectivity index (χ4n) is 1.94. The van der Waals surface area contributed by atoms with Gasteiger partial charge in [-0.3, -0.25) is 9.59 Å². The molecule has 0 aliphatic rings. The van der Waals surface area contributed by atoms with E-state index < -0.39 is 15.9 Å². The van der Waals surface area contributed by atoms with Crippen LogP contribution in [-0.2, 0) is 19.6 Å². The van der Waals surface area contributed by atoms with Gasteiger partial charge in [-0.2, -0.15) is 0 Å². The van der Waals surface area contributed by atoms with E-state index in [1.807, 2.05) is 0 Å². The van der Waals surface area contributed by atoms with E-state index in [1.165, 1.54) is 31.2 Å². The quantitative estimate of drug-likeness (QED) is 0.713. The van der Waals surface area contributed by atoms with E-state index in [4.69, 9.17) is 9.88 Å². The molecule has 2 aromatic rings. The lowest BCUT2D eigenvalue weighted by Crippen LogP contribution is -2.20. The van der Waals surface area contributed by atoms with Crippen LogP contribution in [0.25, 0.3) is 0 Å². The fourth-order valence-corrected chi connectivity index (χ4v) is 2.46. The van der Waals surface area contributed by atoms with Gasteiger partial charge in [0, 0.05) is 24.4 Å². The van der Waals surface area contributed by atoms with Crippen molar-refractivity contribution in [2.45, 2.75) is 11.8 Å². The molecule has 0 saturated heterocycles. The van der Waals surface area contributed by atoms with Crippen LogP contribution in [0.1, 0.15) is 6.92 Å². The minimum Gasteiger partial charge on any atom is -0.484 e. The van der Waals surface area contributed by atoms with Gasteiger partial charge in [0.15, 0.2) is 6.61 Å². The molecule has 0 unspecified atom stereocenters. The lowest BCUT2D eigenvalue weighted by atomic mass is 10.3. The van der Waals surface area contributed by atoms with Gasteiger partial charge in [0.25, 0.3) is 5.91 Å². The highest BCUT2D eigenvalue weighted by Gasteiger charge is 2.08. The van der Waals surface area contributed by atoms with Crippen molar-refractivity contribution in [1.29, 1.82) is 0 Å². The Hall–Kier alpha value is -2.91. The summed E-state index contributed by atoms with van der Waals surface area (Å²) in [7, 11) is -3.77. The number of anilines is 2. The van der Waals surface area contributed by atoms with Gasteiger partial charge in [-0.1, -0.05) is 6.07 Å². The van der Waals surface area contributed by atoms with E-state index in [0.29, 0.717) is 17.1 Å². The summed E-state index contributed by atoms with van der Waals surface area (Å²) < 4.78 is 27.7. The summed E-state index contributed by atoms with van der Waals surface area (Å²) in [5, 5.41) is 10.2. The predicted octanol–water partition coefficient (Wildman–Crippen LogP) is 1.31. The van der Waals surface area contributed by atoms with E-state index in [2.05, 4.69) is 10.6 Å². The van der Waals surface area contributed by atoms with Gasteiger partial charge in [-0.25, -0.2) is 13.6 Å². The molecule has 25 heavy (non-hydrogen) atoms. The molecule has 0 radical (unpaired) electrons. The Bertz CT molecular complexity index is 879. The number of hydrogen-bond donors (Lipinski definition) is 3. The average Bonchev–Trinajstić information content (AvgIpc) is 2.52. The van der Waals surface area contributed by atoms with Crippen molar-refractivity contribution in [1.82, 2.24) is 0 Å². The van der Waals surface area contributed by atoms with E-state index in [0.717, 1.165) is 0 Å². The number of amides is 2. The number of ether oxygens (including phenoxy) is 1. The van der Waals surface area contributed by atoms with Gasteiger partial charge < -0.3 is 15.4 Å². The smallest absolute Gasteiger partial charge is 0.262 e. The molecule has 132 valence electrons. The third kappa shape index (κ3) is 5.90. The molecule has 9 heteroatoms. The second-order valence-electron chi connectivity index (χ2n) is 5.12. The molecule has 0 aliphatic carbocycles. The summed E-state index contributed by atoms with van der Waals surface area (Å²) in [4.78, 5) is 22.9. The highest BCUT2D eigenvalue weighted by Crippen LogP contribution is 2.17. The summed E-state index contributed by atoms with van der Waals surface area (Å²) in [5.41, 5.74) is 0.969. The van der Waals surface area contributed by atoms with Crippen molar-refractivity contribution in [2.75, 3.05) is 17.2 Å². The summed E-state index contributed by atoms with van der Waals surface area (Å²) in [6, 6.07) is 12.1. The largest absolute Gasteiger partial charge is 0.484 e. The maximum atomic E-state index is 11.9. The van der Waals surface area contributed by atoms with Crippen LogP contribution in [-0.4, -0.2) is 26.8 Å². The molecular weight excluding hydrogens is 346 g/mol. The van der Waals surface area contributed by atoms with Crippen molar-refractivity contribution in [3.63, 3.8) is 0 Å². The Kier molecular flexibility index (Phi) is 5.73. The zero-order valence-corrected chi connectivity index (χ0v) is 14.2. The minimum absolute atomic E-state index is 0.0449. The molecule has 0 atom stereocenters. The Labute approximate surface area is 145 Å². The first kappa shape index (κ1) is 18.4. The first-order valence-electron chi connectivity index (χ1n) is 7.17. The van der Waals surface area contributed by atoms with E-state index in [-0.39, 0.29) is 17.4 Å². The number of carbonyl (C=O) groups excluding carboxylic acids is 2. The summed E-state index contributed by atoms with van der Waals surface area (Å²) in [6.07, 6.45) is 0. The van der Waals surface area contributed by atoms with Crippen LogP contribution in [0.4, 0.5) is 11.4 Å². The standard InChI is InChI=1S/C16H17N3O5S/c1-11(20)18-13-3-2-4-14(9-13)24-10-16(21)19-12-5-7-15(8-6-12)25(17,22)23/h2-9H,10H2,1H3,(H,18,20)(H,19,21)(H2,17,22,23). The van der Waals surface area contributed by atoms with Crippen molar-refractivity contribution >= 4 is 33.2 Å². The molecule has 2 rings (SSSR count). The number of benzene rings is 2. The molecule has 0 saturated carbocycles. The Balaban J connectivity index is 1.91. The lowest BCUT2D eigenvalue weighted by molar-refractivity contribution is -0.118. The lowest BCUT2D eigenvalue weighted by Gasteiger charge is -2.09. The average molecular weight is 363 g/mol. The molecule has 8 nitrogen and oxygen atoms in total. The molecule has 0 fully saturated rings.